The van der Waals surface area contributed by atoms with Gasteiger partial charge >= 0.3 is 71.7 Å². The summed E-state index contributed by atoms with van der Waals surface area (Å²) >= 11 is -0.329. The molecule has 0 aromatic rings. The van der Waals surface area contributed by atoms with Crippen LogP contribution >= 0.6 is 0 Å². The molecule has 0 amide bonds. The van der Waals surface area contributed by atoms with Crippen molar-refractivity contribution in [3.8, 4) is 0 Å². The molecule has 0 bridgehead atoms. The Labute approximate surface area is 71.6 Å². The van der Waals surface area contributed by atoms with Gasteiger partial charge in [0.25, 0.3) is 0 Å². The molecule has 0 nitrogen and oxygen atoms in total. The van der Waals surface area contributed by atoms with E-state index in [9.17, 15) is 0 Å². The van der Waals surface area contributed by atoms with Crippen LogP contribution in [0, 0.1) is 0 Å². The topological polar surface area (TPSA) is 0 Å². The Morgan fingerprint density at radius 1 is 1.00 bits per heavy atom. The second-order valence-electron chi connectivity index (χ2n) is 3.26. The molecule has 2 unspecified atom stereocenters. The zero-order valence-electron chi connectivity index (χ0n) is 7.28. The van der Waals surface area contributed by atoms with Crippen LogP contribution in [0.1, 0.15) is 40.5 Å². The summed E-state index contributed by atoms with van der Waals surface area (Å²) in [7, 11) is 0. The van der Waals surface area contributed by atoms with Crippen molar-refractivity contribution in [1.82, 2.24) is 0 Å². The second kappa shape index (κ2) is 5.69. The van der Waals surface area contributed by atoms with Crippen molar-refractivity contribution in [1.29, 1.82) is 0 Å². The van der Waals surface area contributed by atoms with Gasteiger partial charge in [-0.25, -0.2) is 0 Å². The van der Waals surface area contributed by atoms with Crippen LogP contribution in [0.5, 0.6) is 0 Å². The van der Waals surface area contributed by atoms with E-state index in [1.165, 1.54) is 12.8 Å². The monoisotopic (exact) mass is 228 g/mol. The molecule has 0 spiro atoms. The molecule has 0 radical (unpaired) electrons. The summed E-state index contributed by atoms with van der Waals surface area (Å²) in [6.45, 7) is 9.51. The van der Waals surface area contributed by atoms with Gasteiger partial charge in [0.15, 0.2) is 0 Å². The minimum atomic E-state index is -0.329. The van der Waals surface area contributed by atoms with Gasteiger partial charge in [-0.1, -0.05) is 0 Å². The predicted molar refractivity (Wildman–Crippen MR) is 39.4 cm³/mol. The fourth-order valence-electron chi connectivity index (χ4n) is 1.02. The van der Waals surface area contributed by atoms with Gasteiger partial charge in [0.1, 0.15) is 0 Å². The molecule has 9 heavy (non-hydrogen) atoms. The van der Waals surface area contributed by atoms with Crippen molar-refractivity contribution in [3.63, 3.8) is 0 Å². The summed E-state index contributed by atoms with van der Waals surface area (Å²) in [5.74, 6) is 0. The van der Waals surface area contributed by atoms with Gasteiger partial charge in [0.05, 0.1) is 0 Å². The Balaban J connectivity index is 3.22. The van der Waals surface area contributed by atoms with Gasteiger partial charge in [-0.05, 0) is 0 Å². The molecule has 2 atom stereocenters. The SMILES string of the molecule is CC[CH](C)[Cd][CH](C)CC. The van der Waals surface area contributed by atoms with Crippen LogP contribution in [0.2, 0.25) is 6.95 Å². The first kappa shape index (κ1) is 9.92. The van der Waals surface area contributed by atoms with Gasteiger partial charge in [-0.15, -0.1) is 0 Å². The number of hydrogen-bond donors (Lipinski definition) is 0. The molecule has 52 valence electrons. The molecular formula is C8H18Cd. The van der Waals surface area contributed by atoms with Gasteiger partial charge in [-0.2, -0.15) is 0 Å². The molecule has 0 heterocycles. The molecule has 0 aromatic heterocycles. The average molecular weight is 227 g/mol. The van der Waals surface area contributed by atoms with Crippen LogP contribution < -0.4 is 0 Å². The fraction of sp³-hybridized carbons (Fsp3) is 1.00. The maximum absolute atomic E-state index is 2.43. The zero-order chi connectivity index (χ0) is 7.28. The maximum atomic E-state index is 2.43. The van der Waals surface area contributed by atoms with E-state index in [-0.39, 0.29) is 24.2 Å². The van der Waals surface area contributed by atoms with Crippen molar-refractivity contribution in [2.45, 2.75) is 47.5 Å². The van der Waals surface area contributed by atoms with Crippen molar-refractivity contribution in [2.75, 3.05) is 0 Å². The van der Waals surface area contributed by atoms with Crippen molar-refractivity contribution in [2.24, 2.45) is 0 Å². The van der Waals surface area contributed by atoms with Gasteiger partial charge in [0.2, 0.25) is 0 Å². The van der Waals surface area contributed by atoms with Crippen molar-refractivity contribution < 1.29 is 24.2 Å². The summed E-state index contributed by atoms with van der Waals surface area (Å²) < 4.78 is 2.28. The molecule has 0 aliphatic rings. The van der Waals surface area contributed by atoms with Crippen LogP contribution in [0.25, 0.3) is 0 Å². The molecule has 0 N–H and O–H groups in total. The summed E-state index contributed by atoms with van der Waals surface area (Å²) in [6, 6.07) is 0. The van der Waals surface area contributed by atoms with Crippen LogP contribution in [-0.2, 0) is 24.2 Å². The Bertz CT molecular complexity index is 53.6. The first-order valence-electron chi connectivity index (χ1n) is 4.20. The van der Waals surface area contributed by atoms with E-state index in [2.05, 4.69) is 27.7 Å². The average Bonchev–Trinajstić information content (AvgIpc) is 1.87. The normalized spacial score (nSPS) is 16.4. The quantitative estimate of drug-likeness (QED) is 0.644. The minimum absolute atomic E-state index is 0.329. The molecule has 1 heteroatoms. The molecule has 0 saturated carbocycles. The first-order valence-corrected chi connectivity index (χ1v) is 8.86. The van der Waals surface area contributed by atoms with E-state index < -0.39 is 0 Å². The molecule has 0 fully saturated rings. The van der Waals surface area contributed by atoms with E-state index in [1.807, 2.05) is 0 Å². The Morgan fingerprint density at radius 2 is 1.33 bits per heavy atom. The van der Waals surface area contributed by atoms with E-state index in [1.54, 1.807) is 0 Å². The Hall–Kier alpha value is 0.922. The third-order valence-corrected chi connectivity index (χ3v) is 10.1. The summed E-state index contributed by atoms with van der Waals surface area (Å²) in [5, 5.41) is 0. The van der Waals surface area contributed by atoms with Crippen LogP contribution in [0.15, 0.2) is 0 Å². The summed E-state index contributed by atoms with van der Waals surface area (Å²) in [5.41, 5.74) is 0. The van der Waals surface area contributed by atoms with E-state index in [0.29, 0.717) is 0 Å². The summed E-state index contributed by atoms with van der Waals surface area (Å²) in [6.07, 6.45) is 2.86. The van der Waals surface area contributed by atoms with E-state index in [0.717, 1.165) is 6.95 Å². The third-order valence-electron chi connectivity index (χ3n) is 2.20. The number of rotatable bonds is 4. The molecule has 0 aliphatic heterocycles. The second-order valence-corrected chi connectivity index (χ2v) is 12.6. The van der Waals surface area contributed by atoms with E-state index in [4.69, 9.17) is 0 Å². The molecular weight excluding hydrogens is 208 g/mol. The van der Waals surface area contributed by atoms with Crippen LogP contribution in [-0.4, -0.2) is 0 Å². The van der Waals surface area contributed by atoms with Gasteiger partial charge in [0, 0.05) is 0 Å². The van der Waals surface area contributed by atoms with Crippen molar-refractivity contribution >= 4 is 0 Å². The molecule has 0 rings (SSSR count). The molecule has 0 saturated heterocycles. The van der Waals surface area contributed by atoms with Crippen LogP contribution in [0.3, 0.4) is 0 Å². The molecule has 0 aromatic carbocycles. The number of hydrogen-bond acceptors (Lipinski definition) is 0. The van der Waals surface area contributed by atoms with Crippen molar-refractivity contribution in [3.05, 3.63) is 0 Å². The Kier molecular flexibility index (Phi) is 6.27. The molecule has 0 aliphatic carbocycles. The first-order chi connectivity index (χ1) is 4.20. The third kappa shape index (κ3) is 5.37. The fourth-order valence-corrected chi connectivity index (χ4v) is 6.84. The van der Waals surface area contributed by atoms with Gasteiger partial charge in [-0.3, -0.25) is 0 Å². The zero-order valence-corrected chi connectivity index (χ0v) is 11.3. The summed E-state index contributed by atoms with van der Waals surface area (Å²) in [4.78, 5) is 0. The van der Waals surface area contributed by atoms with Crippen LogP contribution in [0.4, 0.5) is 0 Å². The predicted octanol–water partition coefficient (Wildman–Crippen LogP) is 3.51. The van der Waals surface area contributed by atoms with E-state index >= 15 is 0 Å². The Morgan fingerprint density at radius 3 is 1.56 bits per heavy atom. The van der Waals surface area contributed by atoms with Gasteiger partial charge < -0.3 is 0 Å². The standard InChI is InChI=1S/2C4H9.Cd/c2*1-3-4-2;/h2*3H,4H2,1-2H3;.